The van der Waals surface area contributed by atoms with Gasteiger partial charge in [-0.25, -0.2) is 23.4 Å². The van der Waals surface area contributed by atoms with Crippen LogP contribution in [-0.2, 0) is 9.84 Å². The minimum atomic E-state index is -2.92. The largest absolute Gasteiger partial charge is 0.384 e. The molecule has 8 heteroatoms. The summed E-state index contributed by atoms with van der Waals surface area (Å²) in [5.41, 5.74) is 6.10. The number of sulfone groups is 1. The zero-order valence-corrected chi connectivity index (χ0v) is 10.9. The number of rotatable bonds is 2. The lowest BCUT2D eigenvalue weighted by Crippen LogP contribution is -2.21. The minimum absolute atomic E-state index is 0.111. The molecule has 1 atom stereocenters. The van der Waals surface area contributed by atoms with E-state index in [-0.39, 0.29) is 17.5 Å². The summed E-state index contributed by atoms with van der Waals surface area (Å²) in [6.45, 7) is 0. The maximum Gasteiger partial charge on any atom is 0.166 e. The Morgan fingerprint density at radius 3 is 2.89 bits per heavy atom. The van der Waals surface area contributed by atoms with Gasteiger partial charge in [0.25, 0.3) is 0 Å². The summed E-state index contributed by atoms with van der Waals surface area (Å²) in [6, 6.07) is 3.34. The summed E-state index contributed by atoms with van der Waals surface area (Å²) >= 11 is 0. The highest BCUT2D eigenvalue weighted by atomic mass is 32.2. The molecule has 0 aliphatic carbocycles. The van der Waals surface area contributed by atoms with Gasteiger partial charge in [0.15, 0.2) is 15.5 Å². The van der Waals surface area contributed by atoms with Gasteiger partial charge in [-0.2, -0.15) is 0 Å². The van der Waals surface area contributed by atoms with Crippen LogP contribution < -0.4 is 11.1 Å². The number of anilines is 2. The van der Waals surface area contributed by atoms with Crippen molar-refractivity contribution in [2.45, 2.75) is 12.5 Å². The molecule has 3 rings (SSSR count). The summed E-state index contributed by atoms with van der Waals surface area (Å²) in [7, 11) is -2.92. The molecule has 100 valence electrons. The summed E-state index contributed by atoms with van der Waals surface area (Å²) in [5.74, 6) is 1.35. The Balaban J connectivity index is 1.93. The number of hydrogen-bond donors (Lipinski definition) is 2. The summed E-state index contributed by atoms with van der Waals surface area (Å²) in [6.07, 6.45) is 1.98. The van der Waals surface area contributed by atoms with Crippen molar-refractivity contribution in [1.82, 2.24) is 15.0 Å². The molecule has 2 aromatic heterocycles. The SMILES string of the molecule is Nc1ccc2c(NC3CCS(=O)(=O)C3)ncnc2n1. The van der Waals surface area contributed by atoms with E-state index in [4.69, 9.17) is 5.73 Å². The highest BCUT2D eigenvalue weighted by Gasteiger charge is 2.28. The molecule has 2 aromatic rings. The fourth-order valence-corrected chi connectivity index (χ4v) is 3.85. The van der Waals surface area contributed by atoms with Gasteiger partial charge in [0.2, 0.25) is 0 Å². The molecule has 3 N–H and O–H groups in total. The van der Waals surface area contributed by atoms with Crippen LogP contribution in [0.15, 0.2) is 18.5 Å². The smallest absolute Gasteiger partial charge is 0.166 e. The Bertz CT molecular complexity index is 731. The Morgan fingerprint density at radius 2 is 2.16 bits per heavy atom. The van der Waals surface area contributed by atoms with Crippen molar-refractivity contribution in [3.63, 3.8) is 0 Å². The van der Waals surface area contributed by atoms with E-state index < -0.39 is 9.84 Å². The molecule has 0 aromatic carbocycles. The second-order valence-corrected chi connectivity index (χ2v) is 6.80. The first-order valence-electron chi connectivity index (χ1n) is 5.88. The maximum atomic E-state index is 11.4. The van der Waals surface area contributed by atoms with E-state index in [1.165, 1.54) is 6.33 Å². The van der Waals surface area contributed by atoms with E-state index in [9.17, 15) is 8.42 Å². The van der Waals surface area contributed by atoms with Crippen molar-refractivity contribution in [2.24, 2.45) is 0 Å². The Labute approximate surface area is 110 Å². The zero-order valence-electron chi connectivity index (χ0n) is 10.1. The van der Waals surface area contributed by atoms with Crippen molar-refractivity contribution >= 4 is 32.5 Å². The number of nitrogen functional groups attached to an aromatic ring is 1. The molecule has 0 saturated carbocycles. The second-order valence-electron chi connectivity index (χ2n) is 4.57. The Kier molecular flexibility index (Phi) is 2.74. The van der Waals surface area contributed by atoms with Gasteiger partial charge in [0.1, 0.15) is 18.0 Å². The third-order valence-corrected chi connectivity index (χ3v) is 4.86. The number of nitrogens with one attached hydrogen (secondary N) is 1. The van der Waals surface area contributed by atoms with Gasteiger partial charge in [-0.15, -0.1) is 0 Å². The van der Waals surface area contributed by atoms with E-state index in [0.717, 1.165) is 5.39 Å². The molecule has 7 nitrogen and oxygen atoms in total. The van der Waals surface area contributed by atoms with Crippen LogP contribution in [0.1, 0.15) is 6.42 Å². The van der Waals surface area contributed by atoms with E-state index in [1.54, 1.807) is 12.1 Å². The van der Waals surface area contributed by atoms with Crippen LogP contribution in [0.3, 0.4) is 0 Å². The number of fused-ring (bicyclic) bond motifs is 1. The molecule has 1 fully saturated rings. The molecule has 1 unspecified atom stereocenters. The number of nitrogens with two attached hydrogens (primary N) is 1. The van der Waals surface area contributed by atoms with Crippen molar-refractivity contribution in [3.05, 3.63) is 18.5 Å². The topological polar surface area (TPSA) is 111 Å². The lowest BCUT2D eigenvalue weighted by molar-refractivity contribution is 0.602. The molecular weight excluding hydrogens is 266 g/mol. The third-order valence-electron chi connectivity index (χ3n) is 3.09. The molecule has 0 radical (unpaired) electrons. The second kappa shape index (κ2) is 4.30. The summed E-state index contributed by atoms with van der Waals surface area (Å²) in [5, 5.41) is 3.88. The molecule has 1 saturated heterocycles. The number of pyridine rings is 1. The molecule has 0 amide bonds. The average Bonchev–Trinajstić information content (AvgIpc) is 2.68. The normalized spacial score (nSPS) is 21.6. The van der Waals surface area contributed by atoms with Crippen LogP contribution in [0.25, 0.3) is 11.0 Å². The van der Waals surface area contributed by atoms with Crippen molar-refractivity contribution in [1.29, 1.82) is 0 Å². The fourth-order valence-electron chi connectivity index (χ4n) is 2.17. The van der Waals surface area contributed by atoms with Gasteiger partial charge in [-0.1, -0.05) is 0 Å². The molecule has 19 heavy (non-hydrogen) atoms. The molecule has 0 spiro atoms. The van der Waals surface area contributed by atoms with Crippen LogP contribution in [-0.4, -0.2) is 40.9 Å². The predicted molar refractivity (Wildman–Crippen MR) is 72.4 cm³/mol. The van der Waals surface area contributed by atoms with E-state index in [2.05, 4.69) is 20.3 Å². The standard InChI is InChI=1S/C11H13N5O2S/c12-9-2-1-8-10(13-6-14-11(8)16-9)15-7-3-4-19(17,18)5-7/h1-2,6-7H,3-5H2,(H3,12,13,14,15,16). The zero-order chi connectivity index (χ0) is 13.5. The van der Waals surface area contributed by atoms with Crippen molar-refractivity contribution in [2.75, 3.05) is 22.6 Å². The van der Waals surface area contributed by atoms with Crippen LogP contribution in [0.2, 0.25) is 0 Å². The van der Waals surface area contributed by atoms with Crippen molar-refractivity contribution in [3.8, 4) is 0 Å². The van der Waals surface area contributed by atoms with Crippen molar-refractivity contribution < 1.29 is 8.42 Å². The highest BCUT2D eigenvalue weighted by molar-refractivity contribution is 7.91. The number of hydrogen-bond acceptors (Lipinski definition) is 7. The van der Waals surface area contributed by atoms with E-state index in [0.29, 0.717) is 23.7 Å². The first kappa shape index (κ1) is 12.1. The summed E-state index contributed by atoms with van der Waals surface area (Å²) < 4.78 is 22.9. The minimum Gasteiger partial charge on any atom is -0.384 e. The average molecular weight is 279 g/mol. The lowest BCUT2D eigenvalue weighted by Gasteiger charge is -2.12. The summed E-state index contributed by atoms with van der Waals surface area (Å²) in [4.78, 5) is 12.3. The van der Waals surface area contributed by atoms with Gasteiger partial charge in [-0.05, 0) is 18.6 Å². The Hall–Kier alpha value is -1.96. The van der Waals surface area contributed by atoms with E-state index in [1.807, 2.05) is 0 Å². The van der Waals surface area contributed by atoms with Gasteiger partial charge < -0.3 is 11.1 Å². The van der Waals surface area contributed by atoms with Gasteiger partial charge in [0.05, 0.1) is 16.9 Å². The number of aromatic nitrogens is 3. The molecule has 3 heterocycles. The van der Waals surface area contributed by atoms with Crippen LogP contribution in [0.4, 0.5) is 11.6 Å². The monoisotopic (exact) mass is 279 g/mol. The predicted octanol–water partition coefficient (Wildman–Crippen LogP) is 0.206. The fraction of sp³-hybridized carbons (Fsp3) is 0.364. The molecule has 0 bridgehead atoms. The van der Waals surface area contributed by atoms with Gasteiger partial charge in [0, 0.05) is 6.04 Å². The van der Waals surface area contributed by atoms with Gasteiger partial charge >= 0.3 is 0 Å². The third kappa shape index (κ3) is 2.43. The van der Waals surface area contributed by atoms with E-state index >= 15 is 0 Å². The maximum absolute atomic E-state index is 11.4. The quantitative estimate of drug-likeness (QED) is 0.808. The Morgan fingerprint density at radius 1 is 1.32 bits per heavy atom. The highest BCUT2D eigenvalue weighted by Crippen LogP contribution is 2.22. The molecule has 1 aliphatic heterocycles. The first-order valence-corrected chi connectivity index (χ1v) is 7.70. The first-order chi connectivity index (χ1) is 9.03. The number of nitrogens with zero attached hydrogens (tertiary/aromatic N) is 3. The van der Waals surface area contributed by atoms with Crippen LogP contribution in [0, 0.1) is 0 Å². The van der Waals surface area contributed by atoms with Crippen LogP contribution >= 0.6 is 0 Å². The lowest BCUT2D eigenvalue weighted by atomic mass is 10.2. The van der Waals surface area contributed by atoms with Crippen LogP contribution in [0.5, 0.6) is 0 Å². The van der Waals surface area contributed by atoms with Gasteiger partial charge in [-0.3, -0.25) is 0 Å². The molecule has 1 aliphatic rings. The molecular formula is C11H13N5O2S.